The summed E-state index contributed by atoms with van der Waals surface area (Å²) < 4.78 is 11.3. The number of ether oxygens (including phenoxy) is 1. The minimum Gasteiger partial charge on any atom is -0.496 e. The Hall–Kier alpha value is -2.34. The lowest BCUT2D eigenvalue weighted by Crippen LogP contribution is -2.47. The molecule has 1 saturated heterocycles. The zero-order valence-corrected chi connectivity index (χ0v) is 14.6. The van der Waals surface area contributed by atoms with Crippen molar-refractivity contribution >= 4 is 5.91 Å². The first-order valence-electron chi connectivity index (χ1n) is 8.09. The molecule has 1 aromatic carbocycles. The van der Waals surface area contributed by atoms with Crippen molar-refractivity contribution in [2.45, 2.75) is 27.3 Å². The van der Waals surface area contributed by atoms with E-state index in [4.69, 9.17) is 9.15 Å². The van der Waals surface area contributed by atoms with Crippen LogP contribution < -0.4 is 10.1 Å². The number of benzene rings is 1. The highest BCUT2D eigenvalue weighted by Crippen LogP contribution is 2.31. The van der Waals surface area contributed by atoms with Crippen LogP contribution in [0.2, 0.25) is 0 Å². The van der Waals surface area contributed by atoms with Gasteiger partial charge in [0.15, 0.2) is 0 Å². The molecule has 128 valence electrons. The molecule has 0 unspecified atom stereocenters. The third-order valence-corrected chi connectivity index (χ3v) is 4.57. The van der Waals surface area contributed by atoms with E-state index in [9.17, 15) is 4.79 Å². The first-order valence-corrected chi connectivity index (χ1v) is 8.09. The second-order valence-corrected chi connectivity index (χ2v) is 6.15. The number of aryl methyl sites for hydroxylation is 1. The van der Waals surface area contributed by atoms with Crippen molar-refractivity contribution in [1.82, 2.24) is 15.2 Å². The summed E-state index contributed by atoms with van der Waals surface area (Å²) in [5, 5.41) is 2.83. The van der Waals surface area contributed by atoms with Gasteiger partial charge in [-0.25, -0.2) is 4.98 Å². The minimum atomic E-state index is 0.0595. The summed E-state index contributed by atoms with van der Waals surface area (Å²) in [6.45, 7) is 8.52. The van der Waals surface area contributed by atoms with E-state index in [1.165, 1.54) is 0 Å². The number of carbonyl (C=O) groups excluding carboxylic acids is 1. The summed E-state index contributed by atoms with van der Waals surface area (Å²) >= 11 is 0. The maximum Gasteiger partial charge on any atom is 0.234 e. The fraction of sp³-hybridized carbons (Fsp3) is 0.444. The van der Waals surface area contributed by atoms with Crippen LogP contribution in [-0.2, 0) is 11.3 Å². The van der Waals surface area contributed by atoms with Gasteiger partial charge in [-0.1, -0.05) is 0 Å². The van der Waals surface area contributed by atoms with Gasteiger partial charge >= 0.3 is 0 Å². The van der Waals surface area contributed by atoms with Gasteiger partial charge in [-0.15, -0.1) is 0 Å². The smallest absolute Gasteiger partial charge is 0.234 e. The molecule has 0 radical (unpaired) electrons. The number of methoxy groups -OCH3 is 1. The summed E-state index contributed by atoms with van der Waals surface area (Å²) in [4.78, 5) is 18.3. The number of hydrogen-bond acceptors (Lipinski definition) is 5. The Morgan fingerprint density at radius 1 is 1.29 bits per heavy atom. The summed E-state index contributed by atoms with van der Waals surface area (Å²) in [5.74, 6) is 2.33. The van der Waals surface area contributed by atoms with Crippen LogP contribution >= 0.6 is 0 Å². The molecule has 3 rings (SSSR count). The molecule has 0 spiro atoms. The standard InChI is InChI=1S/C18H23N3O3/c1-11-12(2)16(23-4)6-5-14(11)18-20-15(13(3)24-18)9-21-8-7-19-17(22)10-21/h5-6H,7-10H2,1-4H3,(H,19,22). The molecular weight excluding hydrogens is 306 g/mol. The Morgan fingerprint density at radius 2 is 2.08 bits per heavy atom. The summed E-state index contributed by atoms with van der Waals surface area (Å²) in [5.41, 5.74) is 4.03. The number of rotatable bonds is 4. The van der Waals surface area contributed by atoms with Crippen LogP contribution in [0.1, 0.15) is 22.6 Å². The van der Waals surface area contributed by atoms with Crippen LogP contribution in [0.5, 0.6) is 5.75 Å². The van der Waals surface area contributed by atoms with Crippen LogP contribution in [0.4, 0.5) is 0 Å². The first-order chi connectivity index (χ1) is 11.5. The van der Waals surface area contributed by atoms with E-state index in [-0.39, 0.29) is 5.91 Å². The number of hydrogen-bond donors (Lipinski definition) is 1. The highest BCUT2D eigenvalue weighted by atomic mass is 16.5. The quantitative estimate of drug-likeness (QED) is 0.931. The predicted molar refractivity (Wildman–Crippen MR) is 91.0 cm³/mol. The van der Waals surface area contributed by atoms with Crippen molar-refractivity contribution in [1.29, 1.82) is 0 Å². The van der Waals surface area contributed by atoms with Gasteiger partial charge in [-0.05, 0) is 44.0 Å². The lowest BCUT2D eigenvalue weighted by atomic mass is 10.0. The third kappa shape index (κ3) is 3.14. The molecule has 0 bridgehead atoms. The molecule has 1 fully saturated rings. The monoisotopic (exact) mass is 329 g/mol. The fourth-order valence-corrected chi connectivity index (χ4v) is 2.98. The molecule has 0 atom stereocenters. The Balaban J connectivity index is 1.86. The lowest BCUT2D eigenvalue weighted by Gasteiger charge is -2.25. The van der Waals surface area contributed by atoms with Crippen molar-refractivity contribution in [3.63, 3.8) is 0 Å². The summed E-state index contributed by atoms with van der Waals surface area (Å²) in [6, 6.07) is 3.91. The normalized spacial score (nSPS) is 15.4. The van der Waals surface area contributed by atoms with Crippen molar-refractivity contribution in [3.05, 3.63) is 34.7 Å². The maximum atomic E-state index is 11.5. The van der Waals surface area contributed by atoms with Gasteiger partial charge in [-0.3, -0.25) is 9.69 Å². The van der Waals surface area contributed by atoms with Crippen molar-refractivity contribution in [2.24, 2.45) is 0 Å². The molecule has 1 N–H and O–H groups in total. The number of carbonyl (C=O) groups is 1. The van der Waals surface area contributed by atoms with Gasteiger partial charge in [0.05, 0.1) is 19.3 Å². The molecular formula is C18H23N3O3. The number of nitrogens with one attached hydrogen (secondary N) is 1. The van der Waals surface area contributed by atoms with Gasteiger partial charge in [0, 0.05) is 25.2 Å². The molecule has 24 heavy (non-hydrogen) atoms. The Bertz CT molecular complexity index is 767. The van der Waals surface area contributed by atoms with Gasteiger partial charge in [0.2, 0.25) is 11.8 Å². The lowest BCUT2D eigenvalue weighted by molar-refractivity contribution is -0.124. The van der Waals surface area contributed by atoms with E-state index in [1.807, 2.05) is 32.9 Å². The summed E-state index contributed by atoms with van der Waals surface area (Å²) in [7, 11) is 1.67. The Kier molecular flexibility index (Phi) is 4.57. The van der Waals surface area contributed by atoms with Crippen molar-refractivity contribution in [2.75, 3.05) is 26.7 Å². The highest BCUT2D eigenvalue weighted by Gasteiger charge is 2.21. The number of amides is 1. The average molecular weight is 329 g/mol. The van der Waals surface area contributed by atoms with Gasteiger partial charge in [0.1, 0.15) is 11.5 Å². The van der Waals surface area contributed by atoms with Crippen LogP contribution in [0.3, 0.4) is 0 Å². The molecule has 2 aromatic rings. The molecule has 1 aliphatic rings. The van der Waals surface area contributed by atoms with Crippen LogP contribution in [0.25, 0.3) is 11.5 Å². The third-order valence-electron chi connectivity index (χ3n) is 4.57. The molecule has 6 nitrogen and oxygen atoms in total. The van der Waals surface area contributed by atoms with Crippen LogP contribution in [0.15, 0.2) is 16.5 Å². The second-order valence-electron chi connectivity index (χ2n) is 6.15. The van der Waals surface area contributed by atoms with Crippen LogP contribution in [-0.4, -0.2) is 42.5 Å². The second kappa shape index (κ2) is 6.65. The van der Waals surface area contributed by atoms with E-state index >= 15 is 0 Å². The van der Waals surface area contributed by atoms with Gasteiger partial charge in [-0.2, -0.15) is 0 Å². The molecule has 0 aliphatic carbocycles. The Morgan fingerprint density at radius 3 is 2.79 bits per heavy atom. The van der Waals surface area contributed by atoms with E-state index in [1.54, 1.807) is 7.11 Å². The molecule has 1 aromatic heterocycles. The molecule has 0 saturated carbocycles. The zero-order chi connectivity index (χ0) is 17.3. The van der Waals surface area contributed by atoms with Gasteiger partial charge < -0.3 is 14.5 Å². The molecule has 1 amide bonds. The van der Waals surface area contributed by atoms with E-state index < -0.39 is 0 Å². The predicted octanol–water partition coefficient (Wildman–Crippen LogP) is 2.21. The van der Waals surface area contributed by atoms with Gasteiger partial charge in [0.25, 0.3) is 0 Å². The maximum absolute atomic E-state index is 11.5. The summed E-state index contributed by atoms with van der Waals surface area (Å²) in [6.07, 6.45) is 0. The van der Waals surface area contributed by atoms with E-state index in [2.05, 4.69) is 15.2 Å². The number of oxazole rings is 1. The average Bonchev–Trinajstić information content (AvgIpc) is 2.90. The number of aromatic nitrogens is 1. The minimum absolute atomic E-state index is 0.0595. The topological polar surface area (TPSA) is 67.6 Å². The largest absolute Gasteiger partial charge is 0.496 e. The molecule has 2 heterocycles. The van der Waals surface area contributed by atoms with Crippen molar-refractivity contribution < 1.29 is 13.9 Å². The van der Waals surface area contributed by atoms with E-state index in [0.717, 1.165) is 40.4 Å². The first kappa shape index (κ1) is 16.5. The van der Waals surface area contributed by atoms with Crippen molar-refractivity contribution in [3.8, 4) is 17.2 Å². The number of piperazine rings is 1. The zero-order valence-electron chi connectivity index (χ0n) is 14.6. The Labute approximate surface area is 141 Å². The molecule has 6 heteroatoms. The number of nitrogens with zero attached hydrogens (tertiary/aromatic N) is 2. The van der Waals surface area contributed by atoms with E-state index in [0.29, 0.717) is 25.5 Å². The van der Waals surface area contributed by atoms with Crippen LogP contribution in [0, 0.1) is 20.8 Å². The molecule has 1 aliphatic heterocycles. The fourth-order valence-electron chi connectivity index (χ4n) is 2.98. The highest BCUT2D eigenvalue weighted by molar-refractivity contribution is 5.78. The SMILES string of the molecule is COc1ccc(-c2nc(CN3CCNC(=O)C3)c(C)o2)c(C)c1C.